The number of likely N-dealkylation sites (tertiary alicyclic amines) is 1. The number of carbonyl (C=O) groups is 1. The minimum absolute atomic E-state index is 0.184. The Bertz CT molecular complexity index is 1060. The van der Waals surface area contributed by atoms with Crippen LogP contribution in [0.3, 0.4) is 0 Å². The first-order valence-electron chi connectivity index (χ1n) is 9.68. The Labute approximate surface area is 184 Å². The summed E-state index contributed by atoms with van der Waals surface area (Å²) < 4.78 is 66.6. The van der Waals surface area contributed by atoms with Crippen molar-refractivity contribution in [2.45, 2.75) is 35.7 Å². The summed E-state index contributed by atoms with van der Waals surface area (Å²) in [4.78, 5) is 15.2. The van der Waals surface area contributed by atoms with Gasteiger partial charge < -0.3 is 4.90 Å². The zero-order valence-electron chi connectivity index (χ0n) is 17.1. The number of rotatable bonds is 5. The number of nitrogens with zero attached hydrogens (tertiary/aromatic N) is 1. The van der Waals surface area contributed by atoms with Crippen LogP contribution in [0.25, 0.3) is 0 Å². The van der Waals surface area contributed by atoms with Crippen molar-refractivity contribution in [3.8, 4) is 0 Å². The standard InChI is InChI=1S/C21H23F3N2O3S2/c1-14-8-10-26(11-9-14)20(27)18-13-17(6-7-19(18)30-2)31(28,29)25-16-5-3-4-15(12-16)21(22,23)24/h3-7,12-14,25H,8-11H2,1-2H3. The molecular formula is C21H23F3N2O3S2. The highest BCUT2D eigenvalue weighted by Gasteiger charge is 2.31. The van der Waals surface area contributed by atoms with E-state index in [-0.39, 0.29) is 22.1 Å². The number of piperidine rings is 1. The number of benzene rings is 2. The van der Waals surface area contributed by atoms with Crippen molar-refractivity contribution in [1.82, 2.24) is 4.90 Å². The average Bonchev–Trinajstić information content (AvgIpc) is 2.72. The molecule has 168 valence electrons. The van der Waals surface area contributed by atoms with Gasteiger partial charge in [0.2, 0.25) is 0 Å². The van der Waals surface area contributed by atoms with Crippen LogP contribution in [0.1, 0.15) is 35.7 Å². The molecule has 1 aliphatic rings. The maximum absolute atomic E-state index is 13.1. The minimum Gasteiger partial charge on any atom is -0.339 e. The lowest BCUT2D eigenvalue weighted by Gasteiger charge is -2.30. The number of thioether (sulfide) groups is 1. The summed E-state index contributed by atoms with van der Waals surface area (Å²) in [5, 5.41) is 0. The lowest BCUT2D eigenvalue weighted by molar-refractivity contribution is -0.137. The molecule has 1 saturated heterocycles. The Morgan fingerprint density at radius 1 is 1.13 bits per heavy atom. The van der Waals surface area contributed by atoms with Crippen molar-refractivity contribution in [3.63, 3.8) is 0 Å². The molecule has 0 saturated carbocycles. The first-order chi connectivity index (χ1) is 14.5. The second kappa shape index (κ2) is 9.12. The molecule has 0 bridgehead atoms. The third-order valence-corrected chi connectivity index (χ3v) is 7.40. The summed E-state index contributed by atoms with van der Waals surface area (Å²) in [7, 11) is -4.19. The van der Waals surface area contributed by atoms with Gasteiger partial charge in [-0.2, -0.15) is 13.2 Å². The highest BCUT2D eigenvalue weighted by atomic mass is 32.2. The van der Waals surface area contributed by atoms with Crippen LogP contribution in [0.2, 0.25) is 0 Å². The average molecular weight is 473 g/mol. The topological polar surface area (TPSA) is 66.5 Å². The first kappa shape index (κ1) is 23.5. The zero-order chi connectivity index (χ0) is 22.8. The predicted molar refractivity (Wildman–Crippen MR) is 115 cm³/mol. The number of hydrogen-bond donors (Lipinski definition) is 1. The molecule has 1 N–H and O–H groups in total. The molecule has 31 heavy (non-hydrogen) atoms. The second-order valence-corrected chi connectivity index (χ2v) is 10.1. The third-order valence-electron chi connectivity index (χ3n) is 5.22. The van der Waals surface area contributed by atoms with E-state index >= 15 is 0 Å². The molecule has 1 fully saturated rings. The molecule has 0 unspecified atom stereocenters. The third kappa shape index (κ3) is 5.54. The van der Waals surface area contributed by atoms with Gasteiger partial charge in [0, 0.05) is 23.7 Å². The molecule has 1 aliphatic heterocycles. The Morgan fingerprint density at radius 2 is 1.81 bits per heavy atom. The van der Waals surface area contributed by atoms with Gasteiger partial charge in [0.1, 0.15) is 0 Å². The van der Waals surface area contributed by atoms with Crippen molar-refractivity contribution < 1.29 is 26.4 Å². The molecule has 2 aromatic carbocycles. The monoisotopic (exact) mass is 472 g/mol. The molecule has 10 heteroatoms. The molecule has 1 heterocycles. The molecule has 5 nitrogen and oxygen atoms in total. The Hall–Kier alpha value is -2.20. The van der Waals surface area contributed by atoms with Gasteiger partial charge in [0.15, 0.2) is 0 Å². The summed E-state index contributed by atoms with van der Waals surface area (Å²) in [6.45, 7) is 3.34. The summed E-state index contributed by atoms with van der Waals surface area (Å²) >= 11 is 1.33. The van der Waals surface area contributed by atoms with E-state index in [1.54, 1.807) is 17.2 Å². The summed E-state index contributed by atoms with van der Waals surface area (Å²) in [5.41, 5.74) is -0.892. The molecular weight excluding hydrogens is 449 g/mol. The number of hydrogen-bond acceptors (Lipinski definition) is 4. The van der Waals surface area contributed by atoms with Crippen LogP contribution in [-0.2, 0) is 16.2 Å². The van der Waals surface area contributed by atoms with E-state index in [9.17, 15) is 26.4 Å². The highest BCUT2D eigenvalue weighted by molar-refractivity contribution is 7.98. The van der Waals surface area contributed by atoms with Gasteiger partial charge in [0.05, 0.1) is 16.0 Å². The Kier molecular flexibility index (Phi) is 6.90. The van der Waals surface area contributed by atoms with Crippen molar-refractivity contribution >= 4 is 33.4 Å². The maximum Gasteiger partial charge on any atom is 0.416 e. The van der Waals surface area contributed by atoms with Gasteiger partial charge in [-0.15, -0.1) is 11.8 Å². The number of nitrogens with one attached hydrogen (secondary N) is 1. The largest absolute Gasteiger partial charge is 0.416 e. The predicted octanol–water partition coefficient (Wildman–Crippen LogP) is 5.10. The van der Waals surface area contributed by atoms with Gasteiger partial charge in [-0.3, -0.25) is 9.52 Å². The fourth-order valence-corrected chi connectivity index (χ4v) is 5.02. The molecule has 0 atom stereocenters. The van der Waals surface area contributed by atoms with Crippen LogP contribution in [-0.4, -0.2) is 38.6 Å². The zero-order valence-corrected chi connectivity index (χ0v) is 18.7. The van der Waals surface area contributed by atoms with Crippen molar-refractivity contribution in [2.75, 3.05) is 24.1 Å². The normalized spacial score (nSPS) is 15.7. The molecule has 0 aromatic heterocycles. The van der Waals surface area contributed by atoms with E-state index in [2.05, 4.69) is 11.6 Å². The maximum atomic E-state index is 13.1. The summed E-state index contributed by atoms with van der Waals surface area (Å²) in [5.74, 6) is 0.291. The van der Waals surface area contributed by atoms with Crippen LogP contribution in [0.4, 0.5) is 18.9 Å². The number of alkyl halides is 3. The first-order valence-corrected chi connectivity index (χ1v) is 12.4. The molecule has 0 radical (unpaired) electrons. The Balaban J connectivity index is 1.90. The number of amides is 1. The van der Waals surface area contributed by atoms with E-state index in [0.717, 1.165) is 31.0 Å². The van der Waals surface area contributed by atoms with E-state index in [1.165, 1.54) is 30.0 Å². The van der Waals surface area contributed by atoms with Crippen LogP contribution in [0.15, 0.2) is 52.3 Å². The number of carbonyl (C=O) groups excluding carboxylic acids is 1. The van der Waals surface area contributed by atoms with E-state index < -0.39 is 21.8 Å². The van der Waals surface area contributed by atoms with Crippen LogP contribution >= 0.6 is 11.8 Å². The molecule has 0 spiro atoms. The van der Waals surface area contributed by atoms with Crippen molar-refractivity contribution in [3.05, 3.63) is 53.6 Å². The molecule has 3 rings (SSSR count). The van der Waals surface area contributed by atoms with Gasteiger partial charge in [0.25, 0.3) is 15.9 Å². The summed E-state index contributed by atoms with van der Waals surface area (Å²) in [6.07, 6.45) is -1.03. The van der Waals surface area contributed by atoms with Crippen molar-refractivity contribution in [2.24, 2.45) is 5.92 Å². The lowest BCUT2D eigenvalue weighted by Crippen LogP contribution is -2.38. The van der Waals surface area contributed by atoms with E-state index in [4.69, 9.17) is 0 Å². The van der Waals surface area contributed by atoms with Crippen LogP contribution in [0.5, 0.6) is 0 Å². The van der Waals surface area contributed by atoms with Crippen LogP contribution < -0.4 is 4.72 Å². The fraction of sp³-hybridized carbons (Fsp3) is 0.381. The van der Waals surface area contributed by atoms with Gasteiger partial charge >= 0.3 is 6.18 Å². The fourth-order valence-electron chi connectivity index (χ4n) is 3.38. The summed E-state index contributed by atoms with van der Waals surface area (Å²) in [6, 6.07) is 8.15. The van der Waals surface area contributed by atoms with Crippen LogP contribution in [0, 0.1) is 5.92 Å². The van der Waals surface area contributed by atoms with E-state index in [1.807, 2.05) is 0 Å². The smallest absolute Gasteiger partial charge is 0.339 e. The molecule has 0 aliphatic carbocycles. The SMILES string of the molecule is CSc1ccc(S(=O)(=O)Nc2cccc(C(F)(F)F)c2)cc1C(=O)N1CCC(C)CC1. The second-order valence-electron chi connectivity index (χ2n) is 7.52. The minimum atomic E-state index is -4.59. The van der Waals surface area contributed by atoms with Crippen molar-refractivity contribution in [1.29, 1.82) is 0 Å². The Morgan fingerprint density at radius 3 is 2.42 bits per heavy atom. The quantitative estimate of drug-likeness (QED) is 0.615. The highest BCUT2D eigenvalue weighted by Crippen LogP contribution is 2.32. The van der Waals surface area contributed by atoms with Gasteiger partial charge in [-0.1, -0.05) is 13.0 Å². The van der Waals surface area contributed by atoms with Gasteiger partial charge in [-0.05, 0) is 61.4 Å². The number of halogens is 3. The lowest BCUT2D eigenvalue weighted by atomic mass is 9.98. The number of anilines is 1. The molecule has 1 amide bonds. The molecule has 2 aromatic rings. The van der Waals surface area contributed by atoms with E-state index in [0.29, 0.717) is 23.9 Å². The number of sulfonamides is 1. The van der Waals surface area contributed by atoms with Gasteiger partial charge in [-0.25, -0.2) is 8.42 Å².